The maximum absolute atomic E-state index is 11.2. The van der Waals surface area contributed by atoms with E-state index in [2.05, 4.69) is 0 Å². The summed E-state index contributed by atoms with van der Waals surface area (Å²) in [5, 5.41) is 8.88. The standard InChI is InChI=1S/C13H12O4/c14-8-12-6-11(15)7-13(17-12)16-9-10-4-2-1-3-5-10/h1-7,14H,8-9H2. The van der Waals surface area contributed by atoms with Crippen LogP contribution in [0.5, 0.6) is 5.95 Å². The molecule has 0 bridgehead atoms. The van der Waals surface area contributed by atoms with Crippen molar-refractivity contribution in [2.45, 2.75) is 13.2 Å². The molecule has 2 aromatic rings. The van der Waals surface area contributed by atoms with Crippen molar-refractivity contribution in [2.24, 2.45) is 0 Å². The van der Waals surface area contributed by atoms with E-state index in [0.717, 1.165) is 5.56 Å². The summed E-state index contributed by atoms with van der Waals surface area (Å²) in [7, 11) is 0. The first-order valence-corrected chi connectivity index (χ1v) is 5.19. The quantitative estimate of drug-likeness (QED) is 0.871. The Morgan fingerprint density at radius 3 is 2.65 bits per heavy atom. The summed E-state index contributed by atoms with van der Waals surface area (Å²) in [6.45, 7) is -0.00353. The molecule has 0 aliphatic rings. The molecule has 0 unspecified atom stereocenters. The third kappa shape index (κ3) is 3.19. The van der Waals surface area contributed by atoms with Crippen LogP contribution in [0.3, 0.4) is 0 Å². The highest BCUT2D eigenvalue weighted by atomic mass is 16.6. The highest BCUT2D eigenvalue weighted by molar-refractivity contribution is 5.15. The SMILES string of the molecule is O=c1cc(CO)oc(OCc2ccccc2)c1. The van der Waals surface area contributed by atoms with Crippen molar-refractivity contribution in [3.05, 3.63) is 64.0 Å². The Bertz CT molecular complexity index is 531. The number of benzene rings is 1. The lowest BCUT2D eigenvalue weighted by Crippen LogP contribution is -2.03. The molecular weight excluding hydrogens is 220 g/mol. The molecule has 4 heteroatoms. The highest BCUT2D eigenvalue weighted by Crippen LogP contribution is 2.12. The Balaban J connectivity index is 2.09. The van der Waals surface area contributed by atoms with E-state index in [4.69, 9.17) is 14.3 Å². The van der Waals surface area contributed by atoms with Crippen molar-refractivity contribution in [1.29, 1.82) is 0 Å². The molecule has 0 aliphatic heterocycles. The minimum absolute atomic E-state index is 0.116. The molecule has 0 amide bonds. The van der Waals surface area contributed by atoms with Crippen molar-refractivity contribution >= 4 is 0 Å². The fourth-order valence-electron chi connectivity index (χ4n) is 1.38. The van der Waals surface area contributed by atoms with Crippen LogP contribution in [0.25, 0.3) is 0 Å². The van der Waals surface area contributed by atoms with E-state index in [1.807, 2.05) is 30.3 Å². The van der Waals surface area contributed by atoms with Gasteiger partial charge < -0.3 is 14.3 Å². The Hall–Kier alpha value is -2.07. The van der Waals surface area contributed by atoms with Gasteiger partial charge in [-0.25, -0.2) is 0 Å². The number of ether oxygens (including phenoxy) is 1. The summed E-state index contributed by atoms with van der Waals surface area (Å²) in [5.74, 6) is 0.311. The fourth-order valence-corrected chi connectivity index (χ4v) is 1.38. The maximum Gasteiger partial charge on any atom is 0.288 e. The summed E-state index contributed by atoms with van der Waals surface area (Å²) >= 11 is 0. The van der Waals surface area contributed by atoms with Crippen LogP contribution >= 0.6 is 0 Å². The molecule has 0 aliphatic carbocycles. The topological polar surface area (TPSA) is 59.7 Å². The molecule has 1 heterocycles. The van der Waals surface area contributed by atoms with Gasteiger partial charge in [-0.1, -0.05) is 30.3 Å². The number of hydrogen-bond acceptors (Lipinski definition) is 4. The third-order valence-corrected chi connectivity index (χ3v) is 2.17. The van der Waals surface area contributed by atoms with E-state index in [1.54, 1.807) is 0 Å². The van der Waals surface area contributed by atoms with E-state index >= 15 is 0 Å². The van der Waals surface area contributed by atoms with Gasteiger partial charge in [0.25, 0.3) is 5.95 Å². The van der Waals surface area contributed by atoms with Crippen LogP contribution in [-0.4, -0.2) is 5.11 Å². The maximum atomic E-state index is 11.2. The van der Waals surface area contributed by atoms with Crippen molar-refractivity contribution < 1.29 is 14.3 Å². The van der Waals surface area contributed by atoms with E-state index in [1.165, 1.54) is 12.1 Å². The van der Waals surface area contributed by atoms with Gasteiger partial charge >= 0.3 is 0 Å². The van der Waals surface area contributed by atoms with Gasteiger partial charge in [-0.3, -0.25) is 4.79 Å². The number of rotatable bonds is 4. The van der Waals surface area contributed by atoms with E-state index in [9.17, 15) is 4.79 Å². The molecule has 0 spiro atoms. The Labute approximate surface area is 98.1 Å². The average Bonchev–Trinajstić information content (AvgIpc) is 2.37. The van der Waals surface area contributed by atoms with Crippen LogP contribution < -0.4 is 10.2 Å². The zero-order valence-electron chi connectivity index (χ0n) is 9.13. The van der Waals surface area contributed by atoms with Crippen molar-refractivity contribution in [2.75, 3.05) is 0 Å². The normalized spacial score (nSPS) is 10.2. The van der Waals surface area contributed by atoms with Gasteiger partial charge in [0.05, 0.1) is 6.07 Å². The fraction of sp³-hybridized carbons (Fsp3) is 0.154. The van der Waals surface area contributed by atoms with E-state index in [-0.39, 0.29) is 23.7 Å². The molecular formula is C13H12O4. The first-order chi connectivity index (χ1) is 8.28. The molecule has 0 radical (unpaired) electrons. The molecule has 1 aromatic heterocycles. The third-order valence-electron chi connectivity index (χ3n) is 2.17. The number of aliphatic hydroxyl groups excluding tert-OH is 1. The van der Waals surface area contributed by atoms with Crippen LogP contribution in [0, 0.1) is 0 Å². The molecule has 0 saturated carbocycles. The average molecular weight is 232 g/mol. The molecule has 2 rings (SSSR count). The van der Waals surface area contributed by atoms with Gasteiger partial charge in [-0.2, -0.15) is 0 Å². The lowest BCUT2D eigenvalue weighted by molar-refractivity contribution is 0.189. The largest absolute Gasteiger partial charge is 0.460 e. The predicted molar refractivity (Wildman–Crippen MR) is 61.7 cm³/mol. The summed E-state index contributed by atoms with van der Waals surface area (Å²) in [6, 6.07) is 12.0. The minimum atomic E-state index is -0.322. The van der Waals surface area contributed by atoms with Gasteiger partial charge in [0.2, 0.25) is 0 Å². The summed E-state index contributed by atoms with van der Waals surface area (Å²) in [4.78, 5) is 11.2. The zero-order valence-corrected chi connectivity index (χ0v) is 9.13. The second-order valence-electron chi connectivity index (χ2n) is 3.51. The second-order valence-corrected chi connectivity index (χ2v) is 3.51. The molecule has 1 N–H and O–H groups in total. The van der Waals surface area contributed by atoms with Crippen LogP contribution in [0.4, 0.5) is 0 Å². The van der Waals surface area contributed by atoms with Crippen molar-refractivity contribution in [3.63, 3.8) is 0 Å². The Morgan fingerprint density at radius 1 is 1.18 bits per heavy atom. The van der Waals surface area contributed by atoms with Gasteiger partial charge in [0, 0.05) is 6.07 Å². The summed E-state index contributed by atoms with van der Waals surface area (Å²) < 4.78 is 10.5. The van der Waals surface area contributed by atoms with E-state index < -0.39 is 0 Å². The number of hydrogen-bond donors (Lipinski definition) is 1. The van der Waals surface area contributed by atoms with Crippen LogP contribution in [-0.2, 0) is 13.2 Å². The first kappa shape index (κ1) is 11.4. The lowest BCUT2D eigenvalue weighted by atomic mass is 10.2. The van der Waals surface area contributed by atoms with Crippen LogP contribution in [0.1, 0.15) is 11.3 Å². The Kier molecular flexibility index (Phi) is 3.57. The van der Waals surface area contributed by atoms with Gasteiger partial charge in [0.15, 0.2) is 5.43 Å². The molecule has 0 atom stereocenters. The molecule has 4 nitrogen and oxygen atoms in total. The summed E-state index contributed by atoms with van der Waals surface area (Å²) in [5.41, 5.74) is 0.730. The monoisotopic (exact) mass is 232 g/mol. The van der Waals surface area contributed by atoms with Crippen LogP contribution in [0.15, 0.2) is 51.7 Å². The summed E-state index contributed by atoms with van der Waals surface area (Å²) in [6.07, 6.45) is 0. The van der Waals surface area contributed by atoms with Gasteiger partial charge in [0.1, 0.15) is 19.0 Å². The molecule has 1 aromatic carbocycles. The second kappa shape index (κ2) is 5.32. The molecule has 17 heavy (non-hydrogen) atoms. The van der Waals surface area contributed by atoms with Gasteiger partial charge in [-0.05, 0) is 5.56 Å². The van der Waals surface area contributed by atoms with Crippen molar-refractivity contribution in [1.82, 2.24) is 0 Å². The zero-order chi connectivity index (χ0) is 12.1. The predicted octanol–water partition coefficient (Wildman–Crippen LogP) is 1.71. The van der Waals surface area contributed by atoms with Crippen molar-refractivity contribution in [3.8, 4) is 5.95 Å². The van der Waals surface area contributed by atoms with E-state index in [0.29, 0.717) is 6.61 Å². The van der Waals surface area contributed by atoms with Crippen LogP contribution in [0.2, 0.25) is 0 Å². The number of aliphatic hydroxyl groups is 1. The molecule has 88 valence electrons. The lowest BCUT2D eigenvalue weighted by Gasteiger charge is -2.05. The molecule has 0 saturated heterocycles. The van der Waals surface area contributed by atoms with Gasteiger partial charge in [-0.15, -0.1) is 0 Å². The Morgan fingerprint density at radius 2 is 1.94 bits per heavy atom. The first-order valence-electron chi connectivity index (χ1n) is 5.19. The smallest absolute Gasteiger partial charge is 0.288 e. The molecule has 0 fully saturated rings. The highest BCUT2D eigenvalue weighted by Gasteiger charge is 2.02. The minimum Gasteiger partial charge on any atom is -0.460 e.